The van der Waals surface area contributed by atoms with Gasteiger partial charge in [-0.3, -0.25) is 9.59 Å². The van der Waals surface area contributed by atoms with Crippen LogP contribution < -0.4 is 10.6 Å². The van der Waals surface area contributed by atoms with Gasteiger partial charge >= 0.3 is 0 Å². The molecule has 0 saturated heterocycles. The van der Waals surface area contributed by atoms with Gasteiger partial charge in [0.2, 0.25) is 11.8 Å². The monoisotopic (exact) mass is 461 g/mol. The van der Waals surface area contributed by atoms with Crippen molar-refractivity contribution in [1.82, 2.24) is 15.1 Å². The summed E-state index contributed by atoms with van der Waals surface area (Å²) in [6.45, 7) is 1.71. The second kappa shape index (κ2) is 9.47. The van der Waals surface area contributed by atoms with Gasteiger partial charge in [-0.25, -0.2) is 4.98 Å². The zero-order valence-corrected chi connectivity index (χ0v) is 17.2. The molecule has 2 aromatic heterocycles. The first kappa shape index (κ1) is 20.0. The number of hydrogen-bond acceptors (Lipinski definition) is 7. The predicted octanol–water partition coefficient (Wildman–Crippen LogP) is 3.66. The number of aromatic nitrogens is 3. The number of rotatable bonds is 7. The summed E-state index contributed by atoms with van der Waals surface area (Å²) in [7, 11) is 0. The summed E-state index contributed by atoms with van der Waals surface area (Å²) in [5.74, 6) is 1.70. The highest BCUT2D eigenvalue weighted by molar-refractivity contribution is 9.10. The molecular weight excluding hydrogens is 446 g/mol. The lowest BCUT2D eigenvalue weighted by molar-refractivity contribution is -0.113. The molecule has 0 radical (unpaired) electrons. The van der Waals surface area contributed by atoms with Crippen LogP contribution in [0.5, 0.6) is 0 Å². The van der Waals surface area contributed by atoms with Crippen molar-refractivity contribution in [1.29, 1.82) is 0 Å². The van der Waals surface area contributed by atoms with E-state index in [0.717, 1.165) is 4.47 Å². The molecule has 0 saturated carbocycles. The van der Waals surface area contributed by atoms with Crippen molar-refractivity contribution >= 4 is 51.0 Å². The van der Waals surface area contributed by atoms with E-state index >= 15 is 0 Å². The lowest BCUT2D eigenvalue weighted by atomic mass is 10.2. The number of nitrogens with zero attached hydrogens (tertiary/aromatic N) is 3. The van der Waals surface area contributed by atoms with E-state index in [4.69, 9.17) is 4.52 Å². The lowest BCUT2D eigenvalue weighted by Crippen LogP contribution is -2.16. The summed E-state index contributed by atoms with van der Waals surface area (Å²) in [4.78, 5) is 32.7. The molecular formula is C18H16BrN5O3S. The number of amides is 2. The van der Waals surface area contributed by atoms with Gasteiger partial charge in [-0.1, -0.05) is 11.2 Å². The predicted molar refractivity (Wildman–Crippen MR) is 110 cm³/mol. The molecule has 144 valence electrons. The third kappa shape index (κ3) is 5.89. The van der Waals surface area contributed by atoms with Gasteiger partial charge in [0, 0.05) is 28.8 Å². The summed E-state index contributed by atoms with van der Waals surface area (Å²) < 4.78 is 5.70. The van der Waals surface area contributed by atoms with Crippen LogP contribution in [0.1, 0.15) is 22.1 Å². The van der Waals surface area contributed by atoms with Crippen LogP contribution in [0.25, 0.3) is 0 Å². The van der Waals surface area contributed by atoms with Crippen LogP contribution in [0, 0.1) is 6.92 Å². The van der Waals surface area contributed by atoms with Crippen LogP contribution in [0.4, 0.5) is 11.5 Å². The number of nitrogens with one attached hydrogen (secondary N) is 2. The molecule has 0 aliphatic carbocycles. The first-order chi connectivity index (χ1) is 13.5. The average Bonchev–Trinajstić information content (AvgIpc) is 3.09. The van der Waals surface area contributed by atoms with Gasteiger partial charge in [0.05, 0.1) is 11.5 Å². The highest BCUT2D eigenvalue weighted by atomic mass is 79.9. The topological polar surface area (TPSA) is 110 Å². The normalized spacial score (nSPS) is 10.5. The van der Waals surface area contributed by atoms with Gasteiger partial charge < -0.3 is 15.2 Å². The molecule has 0 unspecified atom stereocenters. The molecule has 2 amide bonds. The van der Waals surface area contributed by atoms with Crippen molar-refractivity contribution < 1.29 is 14.1 Å². The fourth-order valence-electron chi connectivity index (χ4n) is 2.21. The molecule has 28 heavy (non-hydrogen) atoms. The summed E-state index contributed by atoms with van der Waals surface area (Å²) >= 11 is 4.66. The highest BCUT2D eigenvalue weighted by Crippen LogP contribution is 2.15. The molecule has 0 aliphatic heterocycles. The summed E-state index contributed by atoms with van der Waals surface area (Å²) in [6, 6.07) is 10.2. The Labute approximate surface area is 173 Å². The molecule has 3 aromatic rings. The van der Waals surface area contributed by atoms with Crippen molar-refractivity contribution in [3.63, 3.8) is 0 Å². The lowest BCUT2D eigenvalue weighted by Gasteiger charge is -2.08. The average molecular weight is 462 g/mol. The van der Waals surface area contributed by atoms with Crippen molar-refractivity contribution in [2.45, 2.75) is 12.7 Å². The zero-order valence-electron chi connectivity index (χ0n) is 14.8. The Bertz CT molecular complexity index is 977. The van der Waals surface area contributed by atoms with Gasteiger partial charge in [-0.15, -0.1) is 11.8 Å². The van der Waals surface area contributed by atoms with E-state index < -0.39 is 0 Å². The summed E-state index contributed by atoms with van der Waals surface area (Å²) in [5.41, 5.74) is 0.954. The van der Waals surface area contributed by atoms with Crippen LogP contribution in [0.15, 0.2) is 51.6 Å². The molecule has 0 fully saturated rings. The maximum absolute atomic E-state index is 12.4. The second-order valence-electron chi connectivity index (χ2n) is 5.67. The Morgan fingerprint density at radius 1 is 1.21 bits per heavy atom. The summed E-state index contributed by atoms with van der Waals surface area (Å²) in [6.07, 6.45) is 1.60. The van der Waals surface area contributed by atoms with Crippen molar-refractivity contribution in [3.05, 3.63) is 64.3 Å². The molecule has 3 rings (SSSR count). The number of benzene rings is 1. The molecule has 2 N–H and O–H groups in total. The summed E-state index contributed by atoms with van der Waals surface area (Å²) in [5, 5.41) is 9.26. The molecule has 0 atom stereocenters. The Balaban J connectivity index is 1.52. The molecule has 8 nitrogen and oxygen atoms in total. The maximum atomic E-state index is 12.4. The molecule has 0 aliphatic rings. The van der Waals surface area contributed by atoms with Crippen molar-refractivity contribution in [3.8, 4) is 0 Å². The van der Waals surface area contributed by atoms with E-state index in [-0.39, 0.29) is 17.6 Å². The van der Waals surface area contributed by atoms with Crippen molar-refractivity contribution in [2.24, 2.45) is 0 Å². The van der Waals surface area contributed by atoms with Crippen LogP contribution in [-0.2, 0) is 10.5 Å². The first-order valence-corrected chi connectivity index (χ1v) is 10.1. The molecule has 0 bridgehead atoms. The van der Waals surface area contributed by atoms with E-state index in [0.29, 0.717) is 34.5 Å². The smallest absolute Gasteiger partial charge is 0.256 e. The first-order valence-electron chi connectivity index (χ1n) is 8.19. The maximum Gasteiger partial charge on any atom is 0.256 e. The quantitative estimate of drug-likeness (QED) is 0.552. The SMILES string of the molecule is Cc1nc(CSCC(=O)Nc2cccc(C(=O)Nc3ccc(Br)cn3)c2)no1. The third-order valence-electron chi connectivity index (χ3n) is 3.41. The number of pyridine rings is 1. The van der Waals surface area contributed by atoms with Crippen LogP contribution in [0.3, 0.4) is 0 Å². The van der Waals surface area contributed by atoms with Crippen LogP contribution in [-0.4, -0.2) is 32.7 Å². The van der Waals surface area contributed by atoms with E-state index in [2.05, 4.69) is 41.7 Å². The number of aryl methyl sites for hydroxylation is 1. The highest BCUT2D eigenvalue weighted by Gasteiger charge is 2.10. The Morgan fingerprint density at radius 3 is 2.79 bits per heavy atom. The standard InChI is InChI=1S/C18H16BrN5O3S/c1-11-21-16(24-27-11)9-28-10-17(25)22-14-4-2-3-12(7-14)18(26)23-15-6-5-13(19)8-20-15/h2-8H,9-10H2,1H3,(H,22,25)(H,20,23,26). The number of carbonyl (C=O) groups excluding carboxylic acids is 2. The number of halogens is 1. The van der Waals surface area contributed by atoms with Crippen LogP contribution >= 0.6 is 27.7 Å². The number of carbonyl (C=O) groups is 2. The largest absolute Gasteiger partial charge is 0.340 e. The van der Waals surface area contributed by atoms with E-state index in [1.165, 1.54) is 11.8 Å². The van der Waals surface area contributed by atoms with Crippen LogP contribution in [0.2, 0.25) is 0 Å². The fourth-order valence-corrected chi connectivity index (χ4v) is 3.10. The molecule has 2 heterocycles. The minimum Gasteiger partial charge on any atom is -0.340 e. The number of hydrogen-bond donors (Lipinski definition) is 2. The van der Waals surface area contributed by atoms with Gasteiger partial charge in [0.1, 0.15) is 5.82 Å². The Morgan fingerprint density at radius 2 is 2.07 bits per heavy atom. The minimum absolute atomic E-state index is 0.183. The van der Waals surface area contributed by atoms with Crippen molar-refractivity contribution in [2.75, 3.05) is 16.4 Å². The van der Waals surface area contributed by atoms with Gasteiger partial charge in [-0.05, 0) is 46.3 Å². The van der Waals surface area contributed by atoms with Gasteiger partial charge in [0.15, 0.2) is 5.82 Å². The molecule has 1 aromatic carbocycles. The van der Waals surface area contributed by atoms with Gasteiger partial charge in [0.25, 0.3) is 5.91 Å². The fraction of sp³-hybridized carbons (Fsp3) is 0.167. The molecule has 10 heteroatoms. The van der Waals surface area contributed by atoms with E-state index in [1.807, 2.05) is 0 Å². The molecule has 0 spiro atoms. The number of thioether (sulfide) groups is 1. The second-order valence-corrected chi connectivity index (χ2v) is 7.57. The minimum atomic E-state index is -0.312. The van der Waals surface area contributed by atoms with E-state index in [9.17, 15) is 9.59 Å². The van der Waals surface area contributed by atoms with Gasteiger partial charge in [-0.2, -0.15) is 4.98 Å². The Hall–Kier alpha value is -2.72. The third-order valence-corrected chi connectivity index (χ3v) is 4.81. The Kier molecular flexibility index (Phi) is 6.77. The number of anilines is 2. The van der Waals surface area contributed by atoms with E-state index in [1.54, 1.807) is 49.5 Å². The zero-order chi connectivity index (χ0) is 19.9.